The molecule has 0 unspecified atom stereocenters. The maximum absolute atomic E-state index is 13.8. The van der Waals surface area contributed by atoms with Crippen molar-refractivity contribution in [3.05, 3.63) is 29.0 Å². The summed E-state index contributed by atoms with van der Waals surface area (Å²) in [5, 5.41) is 0.162. The lowest BCUT2D eigenvalue weighted by atomic mass is 10.3. The molecule has 0 saturated carbocycles. The molecule has 1 saturated heterocycles. The molecule has 1 aliphatic rings. The highest BCUT2D eigenvalue weighted by Crippen LogP contribution is 2.24. The van der Waals surface area contributed by atoms with Gasteiger partial charge in [0, 0.05) is 38.1 Å². The molecule has 0 aliphatic carbocycles. The summed E-state index contributed by atoms with van der Waals surface area (Å²) in [6, 6.07) is 3.45. The van der Waals surface area contributed by atoms with Crippen LogP contribution in [0.3, 0.4) is 0 Å². The van der Waals surface area contributed by atoms with Crippen molar-refractivity contribution in [1.29, 1.82) is 0 Å². The van der Waals surface area contributed by atoms with E-state index < -0.39 is 20.7 Å². The van der Waals surface area contributed by atoms with E-state index in [4.69, 9.17) is 11.6 Å². The molecule has 0 atom stereocenters. The van der Waals surface area contributed by atoms with Crippen molar-refractivity contribution in [2.45, 2.75) is 18.2 Å². The number of amides is 1. The molecule has 0 bridgehead atoms. The van der Waals surface area contributed by atoms with Crippen LogP contribution in [-0.4, -0.2) is 49.7 Å². The van der Waals surface area contributed by atoms with Gasteiger partial charge in [0.1, 0.15) is 10.7 Å². The van der Waals surface area contributed by atoms with Crippen molar-refractivity contribution in [2.75, 3.05) is 26.2 Å². The van der Waals surface area contributed by atoms with E-state index in [2.05, 4.69) is 0 Å². The minimum Gasteiger partial charge on any atom is -0.342 e. The van der Waals surface area contributed by atoms with Gasteiger partial charge in [0.25, 0.3) is 0 Å². The second kappa shape index (κ2) is 6.29. The van der Waals surface area contributed by atoms with Gasteiger partial charge in [0.05, 0.1) is 0 Å². The van der Waals surface area contributed by atoms with Gasteiger partial charge in [-0.15, -0.1) is 0 Å². The van der Waals surface area contributed by atoms with Crippen LogP contribution in [0.1, 0.15) is 13.3 Å². The Balaban J connectivity index is 2.27. The summed E-state index contributed by atoms with van der Waals surface area (Å²) in [4.78, 5) is 12.5. The first-order chi connectivity index (χ1) is 9.82. The van der Waals surface area contributed by atoms with Crippen LogP contribution in [0.15, 0.2) is 23.1 Å². The summed E-state index contributed by atoms with van der Waals surface area (Å²) in [5.74, 6) is -0.921. The third-order valence-electron chi connectivity index (χ3n) is 3.41. The van der Waals surface area contributed by atoms with Crippen LogP contribution in [0, 0.1) is 5.82 Å². The molecule has 116 valence electrons. The number of benzene rings is 1. The molecular formula is C13H16ClFN2O3S. The van der Waals surface area contributed by atoms with Gasteiger partial charge in [0.2, 0.25) is 15.9 Å². The van der Waals surface area contributed by atoms with Gasteiger partial charge in [-0.25, -0.2) is 12.8 Å². The molecule has 8 heteroatoms. The number of halogens is 2. The van der Waals surface area contributed by atoms with Crippen LogP contribution >= 0.6 is 11.6 Å². The number of carbonyl (C=O) groups is 1. The Bertz CT molecular complexity index is 651. The average molecular weight is 335 g/mol. The average Bonchev–Trinajstić information content (AvgIpc) is 2.67. The lowest BCUT2D eigenvalue weighted by molar-refractivity contribution is -0.128. The highest BCUT2D eigenvalue weighted by molar-refractivity contribution is 7.89. The van der Waals surface area contributed by atoms with Gasteiger partial charge in [0.15, 0.2) is 0 Å². The molecule has 0 radical (unpaired) electrons. The number of nitrogens with zero attached hydrogens (tertiary/aromatic N) is 2. The molecule has 0 N–H and O–H groups in total. The van der Waals surface area contributed by atoms with Crippen LogP contribution in [0.2, 0.25) is 5.02 Å². The highest BCUT2D eigenvalue weighted by atomic mass is 35.5. The Morgan fingerprint density at radius 2 is 1.95 bits per heavy atom. The maximum Gasteiger partial charge on any atom is 0.246 e. The predicted molar refractivity (Wildman–Crippen MR) is 77.0 cm³/mol. The maximum atomic E-state index is 13.8. The number of hydrogen-bond acceptors (Lipinski definition) is 3. The van der Waals surface area contributed by atoms with E-state index in [-0.39, 0.29) is 24.0 Å². The summed E-state index contributed by atoms with van der Waals surface area (Å²) in [5.41, 5.74) is 0. The summed E-state index contributed by atoms with van der Waals surface area (Å²) >= 11 is 5.76. The van der Waals surface area contributed by atoms with Crippen LogP contribution in [-0.2, 0) is 14.8 Å². The minimum atomic E-state index is -3.95. The zero-order chi connectivity index (χ0) is 15.6. The Morgan fingerprint density at radius 3 is 2.62 bits per heavy atom. The van der Waals surface area contributed by atoms with Gasteiger partial charge in [-0.05, 0) is 24.6 Å². The van der Waals surface area contributed by atoms with E-state index in [0.29, 0.717) is 19.5 Å². The van der Waals surface area contributed by atoms with Crippen LogP contribution in [0.4, 0.5) is 4.39 Å². The Labute approximate surface area is 128 Å². The molecule has 21 heavy (non-hydrogen) atoms. The smallest absolute Gasteiger partial charge is 0.246 e. The van der Waals surface area contributed by atoms with Crippen LogP contribution in [0.5, 0.6) is 0 Å². The van der Waals surface area contributed by atoms with Crippen molar-refractivity contribution >= 4 is 27.5 Å². The molecule has 1 heterocycles. The normalized spacial score (nSPS) is 17.6. The second-order valence-electron chi connectivity index (χ2n) is 4.84. The van der Waals surface area contributed by atoms with Crippen molar-refractivity contribution in [2.24, 2.45) is 0 Å². The zero-order valence-electron chi connectivity index (χ0n) is 11.6. The van der Waals surface area contributed by atoms with E-state index in [1.54, 1.807) is 4.90 Å². The van der Waals surface area contributed by atoms with Crippen molar-refractivity contribution < 1.29 is 17.6 Å². The first-order valence-corrected chi connectivity index (χ1v) is 8.35. The summed E-state index contributed by atoms with van der Waals surface area (Å²) < 4.78 is 40.0. The van der Waals surface area contributed by atoms with Gasteiger partial charge >= 0.3 is 0 Å². The zero-order valence-corrected chi connectivity index (χ0v) is 13.1. The lowest BCUT2D eigenvalue weighted by Crippen LogP contribution is -2.36. The topological polar surface area (TPSA) is 57.7 Å². The molecule has 1 aromatic rings. The fraction of sp³-hybridized carbons (Fsp3) is 0.462. The molecule has 1 aromatic carbocycles. The number of rotatable bonds is 2. The lowest BCUT2D eigenvalue weighted by Gasteiger charge is -2.21. The molecule has 2 rings (SSSR count). The van der Waals surface area contributed by atoms with Crippen LogP contribution < -0.4 is 0 Å². The summed E-state index contributed by atoms with van der Waals surface area (Å²) in [6.45, 7) is 2.64. The largest absolute Gasteiger partial charge is 0.342 e. The SMILES string of the molecule is CC(=O)N1CCCN(S(=O)(=O)c2cc(Cl)ccc2F)CC1. The van der Waals surface area contributed by atoms with Crippen molar-refractivity contribution in [1.82, 2.24) is 9.21 Å². The van der Waals surface area contributed by atoms with Gasteiger partial charge in [-0.3, -0.25) is 4.79 Å². The Hall–Kier alpha value is -1.18. The molecule has 0 aromatic heterocycles. The minimum absolute atomic E-state index is 0.0943. The third kappa shape index (κ3) is 3.53. The predicted octanol–water partition coefficient (Wildman–Crippen LogP) is 1.72. The molecular weight excluding hydrogens is 319 g/mol. The summed E-state index contributed by atoms with van der Waals surface area (Å²) in [7, 11) is -3.95. The number of hydrogen-bond donors (Lipinski definition) is 0. The second-order valence-corrected chi connectivity index (χ2v) is 7.18. The molecule has 1 fully saturated rings. The summed E-state index contributed by atoms with van der Waals surface area (Å²) in [6.07, 6.45) is 0.515. The van der Waals surface area contributed by atoms with E-state index in [1.165, 1.54) is 17.3 Å². The van der Waals surface area contributed by atoms with E-state index in [9.17, 15) is 17.6 Å². The van der Waals surface area contributed by atoms with Crippen LogP contribution in [0.25, 0.3) is 0 Å². The standard InChI is InChI=1S/C13H16ClFN2O3S/c1-10(18)16-5-2-6-17(8-7-16)21(19,20)13-9-11(14)3-4-12(13)15/h3-4,9H,2,5-8H2,1H3. The third-order valence-corrected chi connectivity index (χ3v) is 5.56. The molecule has 5 nitrogen and oxygen atoms in total. The number of sulfonamides is 1. The van der Waals surface area contributed by atoms with Crippen molar-refractivity contribution in [3.63, 3.8) is 0 Å². The number of carbonyl (C=O) groups excluding carboxylic acids is 1. The highest BCUT2D eigenvalue weighted by Gasteiger charge is 2.29. The van der Waals surface area contributed by atoms with Gasteiger partial charge in [-0.1, -0.05) is 11.6 Å². The molecule has 1 amide bonds. The Morgan fingerprint density at radius 1 is 1.24 bits per heavy atom. The fourth-order valence-electron chi connectivity index (χ4n) is 2.26. The fourth-order valence-corrected chi connectivity index (χ4v) is 4.06. The first-order valence-electron chi connectivity index (χ1n) is 6.53. The van der Waals surface area contributed by atoms with Crippen molar-refractivity contribution in [3.8, 4) is 0 Å². The molecule has 0 spiro atoms. The Kier molecular flexibility index (Phi) is 4.85. The van der Waals surface area contributed by atoms with Gasteiger partial charge in [-0.2, -0.15) is 4.31 Å². The first kappa shape index (κ1) is 16.2. The quantitative estimate of drug-likeness (QED) is 0.827. The monoisotopic (exact) mass is 334 g/mol. The van der Waals surface area contributed by atoms with E-state index in [1.807, 2.05) is 0 Å². The van der Waals surface area contributed by atoms with E-state index in [0.717, 1.165) is 12.1 Å². The van der Waals surface area contributed by atoms with Gasteiger partial charge < -0.3 is 4.90 Å². The van der Waals surface area contributed by atoms with E-state index >= 15 is 0 Å². The molecule has 1 aliphatic heterocycles.